The number of fused-ring (bicyclic) bond motifs is 1. The minimum atomic E-state index is -4.52. The molecule has 2 aliphatic rings. The molecule has 176 valence electrons. The lowest BCUT2D eigenvalue weighted by molar-refractivity contribution is 0.554. The van der Waals surface area contributed by atoms with E-state index in [1.807, 2.05) is 9.47 Å². The summed E-state index contributed by atoms with van der Waals surface area (Å²) in [5.74, 6) is -0.0762. The van der Waals surface area contributed by atoms with Crippen LogP contribution in [0.25, 0.3) is 11.4 Å². The number of nitrogens with two attached hydrogens (primary N) is 1. The van der Waals surface area contributed by atoms with E-state index in [2.05, 4.69) is 35.6 Å². The first-order valence-corrected chi connectivity index (χ1v) is 13.2. The van der Waals surface area contributed by atoms with E-state index in [4.69, 9.17) is 5.14 Å². The number of nitrogens with zero attached hydrogens (tertiary/aromatic N) is 6. The van der Waals surface area contributed by atoms with Crippen LogP contribution in [-0.4, -0.2) is 72.7 Å². The van der Waals surface area contributed by atoms with E-state index in [1.165, 1.54) is 6.07 Å². The van der Waals surface area contributed by atoms with Gasteiger partial charge < -0.3 is 14.8 Å². The normalized spacial score (nSPS) is 19.1. The van der Waals surface area contributed by atoms with E-state index in [9.17, 15) is 16.8 Å². The molecule has 0 spiro atoms. The number of primary sulfonamides is 1. The zero-order chi connectivity index (χ0) is 23.2. The van der Waals surface area contributed by atoms with Gasteiger partial charge in [0.1, 0.15) is 9.79 Å². The quantitative estimate of drug-likeness (QED) is 0.309. The minimum absolute atomic E-state index is 0.0216. The van der Waals surface area contributed by atoms with E-state index >= 15 is 0 Å². The number of hydrogen-bond donors (Lipinski definition) is 4. The number of tetrazole rings is 1. The molecule has 0 saturated carbocycles. The summed E-state index contributed by atoms with van der Waals surface area (Å²) < 4.78 is 56.6. The lowest BCUT2D eigenvalue weighted by Gasteiger charge is -2.32. The highest BCUT2D eigenvalue weighted by Gasteiger charge is 2.35. The van der Waals surface area contributed by atoms with Crippen molar-refractivity contribution in [1.82, 2.24) is 40.2 Å². The molecule has 0 bridgehead atoms. The second-order valence-electron chi connectivity index (χ2n) is 7.88. The number of aromatic amines is 1. The van der Waals surface area contributed by atoms with Gasteiger partial charge in [0, 0.05) is 37.6 Å². The molecule has 16 heteroatoms. The average molecular weight is 495 g/mol. The fourth-order valence-corrected chi connectivity index (χ4v) is 7.09. The Hall–Kier alpha value is -2.92. The number of rotatable bonds is 6. The van der Waals surface area contributed by atoms with E-state index < -0.39 is 29.8 Å². The molecule has 33 heavy (non-hydrogen) atoms. The van der Waals surface area contributed by atoms with Gasteiger partial charge in [-0.3, -0.25) is 0 Å². The first-order chi connectivity index (χ1) is 15.7. The van der Waals surface area contributed by atoms with Gasteiger partial charge in [-0.15, -0.1) is 10.2 Å². The summed E-state index contributed by atoms with van der Waals surface area (Å²) in [4.78, 5) is 5.02. The molecule has 0 radical (unpaired) electrons. The van der Waals surface area contributed by atoms with Crippen LogP contribution >= 0.6 is 0 Å². The van der Waals surface area contributed by atoms with E-state index in [0.29, 0.717) is 44.8 Å². The van der Waals surface area contributed by atoms with Crippen LogP contribution in [0.4, 0.5) is 5.69 Å². The molecule has 3 aromatic rings. The number of hydrogen-bond acceptors (Lipinski definition) is 10. The second kappa shape index (κ2) is 8.14. The molecule has 0 unspecified atom stereocenters. The SMILES string of the molecule is NS(=O)(=O)c1c(S(=O)(=O)N[C@@H]2CCNC2)ccc(N2CCn3cncc3C2)c1-c1nn[nH]n1. The van der Waals surface area contributed by atoms with E-state index in [-0.39, 0.29) is 17.4 Å². The maximum atomic E-state index is 13.2. The summed E-state index contributed by atoms with van der Waals surface area (Å²) in [6.45, 7) is 2.67. The van der Waals surface area contributed by atoms with Crippen LogP contribution in [0.1, 0.15) is 12.1 Å². The van der Waals surface area contributed by atoms with Gasteiger partial charge in [-0.05, 0) is 30.3 Å². The maximum Gasteiger partial charge on any atom is 0.242 e. The molecule has 2 aliphatic heterocycles. The van der Waals surface area contributed by atoms with Gasteiger partial charge in [0.25, 0.3) is 0 Å². The summed E-state index contributed by atoms with van der Waals surface area (Å²) in [6.07, 6.45) is 4.03. The molecule has 5 N–H and O–H groups in total. The van der Waals surface area contributed by atoms with Crippen molar-refractivity contribution in [2.24, 2.45) is 5.14 Å². The number of aromatic nitrogens is 6. The van der Waals surface area contributed by atoms with Gasteiger partial charge in [0.05, 0.1) is 24.1 Å². The Labute approximate surface area is 189 Å². The van der Waals surface area contributed by atoms with Gasteiger partial charge in [-0.2, -0.15) is 5.21 Å². The molecular formula is C17H22N10O4S2. The first kappa shape index (κ1) is 21.9. The zero-order valence-electron chi connectivity index (χ0n) is 17.3. The number of nitrogens with one attached hydrogen (secondary N) is 3. The predicted octanol–water partition coefficient (Wildman–Crippen LogP) is -1.63. The Morgan fingerprint density at radius 2 is 2.03 bits per heavy atom. The Balaban J connectivity index is 1.69. The molecule has 1 atom stereocenters. The highest BCUT2D eigenvalue weighted by molar-refractivity contribution is 7.92. The number of anilines is 1. The minimum Gasteiger partial charge on any atom is -0.363 e. The fourth-order valence-electron chi connectivity index (χ4n) is 4.22. The standard InChI is InChI=1S/C17H22N10O4S2/c18-32(28,29)16-14(33(30,31)23-11-3-4-19-7-11)2-1-13(15(16)17-21-24-25-22-17)26-5-6-27-10-20-8-12(27)9-26/h1-2,8,10-11,19,23H,3-7,9H2,(H2,18,28,29)(H,21,22,24,25)/t11-/m1/s1. The van der Waals surface area contributed by atoms with Crippen molar-refractivity contribution in [1.29, 1.82) is 0 Å². The summed E-state index contributed by atoms with van der Waals surface area (Å²) in [5.41, 5.74) is 1.32. The van der Waals surface area contributed by atoms with Crippen molar-refractivity contribution >= 4 is 25.7 Å². The average Bonchev–Trinajstić information content (AvgIpc) is 3.53. The topological polar surface area (TPSA) is 194 Å². The molecule has 0 amide bonds. The second-order valence-corrected chi connectivity index (χ2v) is 11.1. The fraction of sp³-hybridized carbons (Fsp3) is 0.412. The zero-order valence-corrected chi connectivity index (χ0v) is 19.0. The van der Waals surface area contributed by atoms with Gasteiger partial charge >= 0.3 is 0 Å². The summed E-state index contributed by atoms with van der Waals surface area (Å²) in [5, 5.41) is 22.4. The van der Waals surface area contributed by atoms with Crippen LogP contribution in [0.5, 0.6) is 0 Å². The van der Waals surface area contributed by atoms with E-state index in [0.717, 1.165) is 5.69 Å². The van der Waals surface area contributed by atoms with Gasteiger partial charge in [-0.1, -0.05) is 0 Å². The smallest absolute Gasteiger partial charge is 0.242 e. The molecule has 5 rings (SSSR count). The van der Waals surface area contributed by atoms with Crippen LogP contribution < -0.4 is 20.1 Å². The molecule has 1 saturated heterocycles. The maximum absolute atomic E-state index is 13.2. The van der Waals surface area contributed by atoms with Crippen LogP contribution in [0.15, 0.2) is 34.4 Å². The molecule has 1 aromatic carbocycles. The third-order valence-electron chi connectivity index (χ3n) is 5.73. The molecule has 1 fully saturated rings. The number of H-pyrrole nitrogens is 1. The lowest BCUT2D eigenvalue weighted by Crippen LogP contribution is -2.37. The summed E-state index contributed by atoms with van der Waals surface area (Å²) >= 11 is 0. The molecule has 14 nitrogen and oxygen atoms in total. The molecule has 2 aromatic heterocycles. The highest BCUT2D eigenvalue weighted by Crippen LogP contribution is 2.39. The largest absolute Gasteiger partial charge is 0.363 e. The number of benzene rings is 1. The molecular weight excluding hydrogens is 472 g/mol. The van der Waals surface area contributed by atoms with E-state index in [1.54, 1.807) is 18.6 Å². The molecule has 4 heterocycles. The van der Waals surface area contributed by atoms with Crippen molar-refractivity contribution in [3.8, 4) is 11.4 Å². The Morgan fingerprint density at radius 3 is 2.73 bits per heavy atom. The van der Waals surface area contributed by atoms with Crippen LogP contribution in [0.3, 0.4) is 0 Å². The first-order valence-electron chi connectivity index (χ1n) is 10.1. The molecule has 0 aliphatic carbocycles. The van der Waals surface area contributed by atoms with Crippen LogP contribution in [0.2, 0.25) is 0 Å². The van der Waals surface area contributed by atoms with Crippen LogP contribution in [-0.2, 0) is 33.1 Å². The highest BCUT2D eigenvalue weighted by atomic mass is 32.2. The van der Waals surface area contributed by atoms with Crippen LogP contribution in [0, 0.1) is 0 Å². The van der Waals surface area contributed by atoms with Crippen molar-refractivity contribution in [3.63, 3.8) is 0 Å². The monoisotopic (exact) mass is 494 g/mol. The Kier molecular flexibility index (Phi) is 5.40. The summed E-state index contributed by atoms with van der Waals surface area (Å²) in [6, 6.07) is 2.45. The van der Waals surface area contributed by atoms with Gasteiger partial charge in [-0.25, -0.2) is 31.7 Å². The number of sulfonamides is 2. The van der Waals surface area contributed by atoms with Crippen molar-refractivity contribution in [2.75, 3.05) is 24.5 Å². The van der Waals surface area contributed by atoms with Gasteiger partial charge in [0.15, 0.2) is 0 Å². The van der Waals surface area contributed by atoms with Crippen molar-refractivity contribution in [2.45, 2.75) is 35.3 Å². The predicted molar refractivity (Wildman–Crippen MR) is 116 cm³/mol. The van der Waals surface area contributed by atoms with Gasteiger partial charge in [0.2, 0.25) is 25.9 Å². The number of imidazole rings is 1. The summed E-state index contributed by atoms with van der Waals surface area (Å²) in [7, 11) is -8.74. The third-order valence-corrected chi connectivity index (χ3v) is 8.41. The Morgan fingerprint density at radius 1 is 1.18 bits per heavy atom. The van der Waals surface area contributed by atoms with Crippen molar-refractivity contribution < 1.29 is 16.8 Å². The van der Waals surface area contributed by atoms with Crippen molar-refractivity contribution in [3.05, 3.63) is 30.4 Å². The lowest BCUT2D eigenvalue weighted by atomic mass is 10.1. The third kappa shape index (κ3) is 4.10. The Bertz CT molecular complexity index is 1380.